The second-order valence-corrected chi connectivity index (χ2v) is 2.90. The third-order valence-corrected chi connectivity index (χ3v) is 1.05. The summed E-state index contributed by atoms with van der Waals surface area (Å²) in [6.07, 6.45) is 4.73. The monoisotopic (exact) mass is 120 g/mol. The Morgan fingerprint density at radius 2 is 2.50 bits per heavy atom. The van der Waals surface area contributed by atoms with Crippen molar-refractivity contribution in [1.29, 1.82) is 0 Å². The second kappa shape index (κ2) is 3.13. The molecule has 1 atom stereocenters. The van der Waals surface area contributed by atoms with Gasteiger partial charge in [-0.05, 0) is 11.2 Å². The van der Waals surface area contributed by atoms with Gasteiger partial charge in [-0.1, -0.05) is 5.92 Å². The van der Waals surface area contributed by atoms with Gasteiger partial charge in [-0.3, -0.25) is 4.21 Å². The van der Waals surface area contributed by atoms with E-state index in [9.17, 15) is 4.21 Å². The van der Waals surface area contributed by atoms with E-state index in [0.717, 1.165) is 0 Å². The fraction of sp³-hybridized carbons (Fsp3) is 0.333. The Hall–Kier alpha value is -0.0700. The lowest BCUT2D eigenvalue weighted by Crippen LogP contribution is -1.75. The number of rotatable bonds is 1. The lowest BCUT2D eigenvalue weighted by molar-refractivity contribution is 0.694. The van der Waals surface area contributed by atoms with Crippen molar-refractivity contribution in [3.05, 3.63) is 0 Å². The van der Waals surface area contributed by atoms with Gasteiger partial charge in [0.05, 0.1) is 5.75 Å². The van der Waals surface area contributed by atoms with E-state index in [2.05, 4.69) is 17.1 Å². The van der Waals surface area contributed by atoms with Crippen molar-refractivity contribution in [2.24, 2.45) is 0 Å². The molecule has 1 nitrogen and oxygen atoms in total. The minimum absolute atomic E-state index is 0.227. The maximum absolute atomic E-state index is 9.86. The topological polar surface area (TPSA) is 17.1 Å². The highest BCUT2D eigenvalue weighted by molar-refractivity contribution is 8.21. The molecule has 0 aromatic heterocycles. The Morgan fingerprint density at radius 1 is 2.00 bits per heavy atom. The first-order chi connectivity index (χ1) is 2.77. The highest BCUT2D eigenvalue weighted by Crippen LogP contribution is 1.56. The number of thiol groups is 1. The van der Waals surface area contributed by atoms with Gasteiger partial charge in [-0.2, -0.15) is 0 Å². The zero-order valence-corrected chi connectivity index (χ0v) is 4.76. The third-order valence-electron chi connectivity index (χ3n) is 0.220. The molecule has 0 aliphatic heterocycles. The lowest BCUT2D eigenvalue weighted by Gasteiger charge is -1.65. The van der Waals surface area contributed by atoms with Gasteiger partial charge in [0.2, 0.25) is 0 Å². The van der Waals surface area contributed by atoms with Crippen LogP contribution in [-0.4, -0.2) is 9.96 Å². The van der Waals surface area contributed by atoms with Gasteiger partial charge in [0.25, 0.3) is 0 Å². The van der Waals surface area contributed by atoms with Crippen molar-refractivity contribution in [1.82, 2.24) is 0 Å². The molecular weight excluding hydrogens is 116 g/mol. The highest BCUT2D eigenvalue weighted by atomic mass is 32.8. The van der Waals surface area contributed by atoms with Crippen LogP contribution < -0.4 is 0 Å². The van der Waals surface area contributed by atoms with Crippen molar-refractivity contribution in [2.75, 3.05) is 5.75 Å². The Balaban J connectivity index is 3.41. The number of hydrogen-bond acceptors (Lipinski definition) is 2. The summed E-state index contributed by atoms with van der Waals surface area (Å²) in [5.74, 6) is 2.41. The van der Waals surface area contributed by atoms with Crippen LogP contribution in [0.1, 0.15) is 0 Å². The van der Waals surface area contributed by atoms with Crippen molar-refractivity contribution in [2.45, 2.75) is 0 Å². The van der Waals surface area contributed by atoms with Crippen LogP contribution in [0, 0.1) is 12.3 Å². The maximum atomic E-state index is 9.86. The van der Waals surface area contributed by atoms with E-state index in [1.165, 1.54) is 0 Å². The average Bonchev–Trinajstić information content (AvgIpc) is 1.35. The molecule has 0 amide bonds. The van der Waals surface area contributed by atoms with Crippen LogP contribution in [0.3, 0.4) is 0 Å². The van der Waals surface area contributed by atoms with E-state index >= 15 is 0 Å². The summed E-state index contributed by atoms with van der Waals surface area (Å²) < 4.78 is 9.86. The summed E-state index contributed by atoms with van der Waals surface area (Å²) in [5, 5.41) is 0. The number of terminal acetylenes is 1. The van der Waals surface area contributed by atoms with E-state index < -0.39 is 9.36 Å². The summed E-state index contributed by atoms with van der Waals surface area (Å²) in [5.41, 5.74) is 0. The standard InChI is InChI=1S/C3H4OS2/c1-2-3-6(4)5/h1,6H,3H2. The van der Waals surface area contributed by atoms with E-state index in [1.54, 1.807) is 0 Å². The fourth-order valence-corrected chi connectivity index (χ4v) is 0.447. The van der Waals surface area contributed by atoms with Crippen molar-refractivity contribution in [3.8, 4) is 12.3 Å². The van der Waals surface area contributed by atoms with E-state index in [0.29, 0.717) is 0 Å². The third kappa shape index (κ3) is 3.93. The van der Waals surface area contributed by atoms with Crippen LogP contribution in [-0.2, 0) is 20.5 Å². The first-order valence-corrected chi connectivity index (χ1v) is 3.78. The van der Waals surface area contributed by atoms with E-state index in [4.69, 9.17) is 6.42 Å². The van der Waals surface area contributed by atoms with Crippen molar-refractivity contribution < 1.29 is 4.21 Å². The van der Waals surface area contributed by atoms with Gasteiger partial charge in [0.15, 0.2) is 0 Å². The molecule has 0 aromatic carbocycles. The molecule has 34 valence electrons. The molecule has 0 N–H and O–H groups in total. The predicted octanol–water partition coefficient (Wildman–Crippen LogP) is -0.437. The Kier molecular flexibility index (Phi) is 3.10. The minimum Gasteiger partial charge on any atom is -0.259 e. The van der Waals surface area contributed by atoms with E-state index in [1.807, 2.05) is 0 Å². The molecular formula is C3H4OS2. The molecule has 0 spiro atoms. The highest BCUT2D eigenvalue weighted by Gasteiger charge is 1.66. The predicted molar refractivity (Wildman–Crippen MR) is 30.6 cm³/mol. The van der Waals surface area contributed by atoms with Crippen LogP contribution in [0.2, 0.25) is 0 Å². The zero-order valence-electron chi connectivity index (χ0n) is 3.05. The van der Waals surface area contributed by atoms with Gasteiger partial charge in [0.1, 0.15) is 0 Å². The van der Waals surface area contributed by atoms with Gasteiger partial charge in [-0.15, -0.1) is 6.42 Å². The largest absolute Gasteiger partial charge is 0.259 e. The van der Waals surface area contributed by atoms with Gasteiger partial charge < -0.3 is 0 Å². The Bertz CT molecular complexity index is 120. The Morgan fingerprint density at radius 3 is 2.50 bits per heavy atom. The van der Waals surface area contributed by atoms with Gasteiger partial charge in [0, 0.05) is 9.36 Å². The number of hydrogen-bond donors (Lipinski definition) is 1. The molecule has 0 saturated carbocycles. The molecule has 0 saturated heterocycles. The molecule has 1 unspecified atom stereocenters. The zero-order chi connectivity index (χ0) is 4.99. The fourth-order valence-electron chi connectivity index (χ4n) is 0.0745. The molecule has 0 aliphatic rings. The molecule has 0 heterocycles. The molecule has 0 radical (unpaired) electrons. The SMILES string of the molecule is C#CC[SH](=O)=S. The summed E-state index contributed by atoms with van der Waals surface area (Å²) >= 11 is 4.24. The maximum Gasteiger partial charge on any atom is 0.0841 e. The molecule has 3 heteroatoms. The summed E-state index contributed by atoms with van der Waals surface area (Å²) in [4.78, 5) is 0. The summed E-state index contributed by atoms with van der Waals surface area (Å²) in [6, 6.07) is 0. The second-order valence-electron chi connectivity index (χ2n) is 0.695. The molecule has 0 bridgehead atoms. The van der Waals surface area contributed by atoms with Crippen LogP contribution in [0.4, 0.5) is 0 Å². The van der Waals surface area contributed by atoms with Crippen LogP contribution >= 0.6 is 0 Å². The normalized spacial score (nSPS) is 12.5. The summed E-state index contributed by atoms with van der Waals surface area (Å²) in [7, 11) is -1.50. The smallest absolute Gasteiger partial charge is 0.0841 e. The molecule has 0 rings (SSSR count). The van der Waals surface area contributed by atoms with Crippen molar-refractivity contribution >= 4 is 20.5 Å². The first-order valence-electron chi connectivity index (χ1n) is 1.32. The van der Waals surface area contributed by atoms with Crippen LogP contribution in [0.15, 0.2) is 0 Å². The molecule has 0 fully saturated rings. The van der Waals surface area contributed by atoms with Crippen molar-refractivity contribution in [3.63, 3.8) is 0 Å². The Labute approximate surface area is 43.5 Å². The average molecular weight is 120 g/mol. The first kappa shape index (κ1) is 5.93. The van der Waals surface area contributed by atoms with Crippen LogP contribution in [0.25, 0.3) is 0 Å². The quantitative estimate of drug-likeness (QED) is 0.373. The van der Waals surface area contributed by atoms with Crippen LogP contribution in [0.5, 0.6) is 0 Å². The molecule has 6 heavy (non-hydrogen) atoms. The van der Waals surface area contributed by atoms with Gasteiger partial charge in [-0.25, -0.2) is 0 Å². The lowest BCUT2D eigenvalue weighted by atomic mass is 10.8. The molecule has 0 aromatic rings. The van der Waals surface area contributed by atoms with E-state index in [-0.39, 0.29) is 5.75 Å². The van der Waals surface area contributed by atoms with Gasteiger partial charge >= 0.3 is 0 Å². The molecule has 0 aliphatic carbocycles. The summed E-state index contributed by atoms with van der Waals surface area (Å²) in [6.45, 7) is 0. The minimum atomic E-state index is -1.50.